The number of fused-ring (bicyclic) bond motifs is 1. The summed E-state index contributed by atoms with van der Waals surface area (Å²) in [6.07, 6.45) is 2.49. The van der Waals surface area contributed by atoms with Gasteiger partial charge < -0.3 is 19.9 Å². The number of rotatable bonds is 6. The summed E-state index contributed by atoms with van der Waals surface area (Å²) in [5, 5.41) is 16.2. The number of aryl methyl sites for hydroxylation is 1. The zero-order valence-corrected chi connectivity index (χ0v) is 19.7. The maximum absolute atomic E-state index is 9.50. The zero-order chi connectivity index (χ0) is 22.9. The molecular weight excluding hydrogens is 428 g/mol. The minimum absolute atomic E-state index is 0.00567. The molecule has 168 valence electrons. The molecule has 1 aliphatic rings. The number of nitrogens with zero attached hydrogens (tertiary/aromatic N) is 3. The Morgan fingerprint density at radius 2 is 1.82 bits per heavy atom. The highest BCUT2D eigenvalue weighted by molar-refractivity contribution is 7.80. The molecule has 2 atom stereocenters. The Labute approximate surface area is 199 Å². The number of thiocarbonyl (C=S) groups is 1. The molecule has 5 nitrogen and oxygen atoms in total. The number of aromatic nitrogens is 2. The van der Waals surface area contributed by atoms with Crippen molar-refractivity contribution in [3.63, 3.8) is 0 Å². The molecule has 1 aliphatic heterocycles. The summed E-state index contributed by atoms with van der Waals surface area (Å²) in [7, 11) is 0. The van der Waals surface area contributed by atoms with E-state index < -0.39 is 0 Å². The van der Waals surface area contributed by atoms with Gasteiger partial charge in [0.2, 0.25) is 0 Å². The highest BCUT2D eigenvalue weighted by atomic mass is 32.1. The number of hydrogen-bond acceptors (Lipinski definition) is 3. The largest absolute Gasteiger partial charge is 0.396 e. The molecular formula is C27H28N4OS. The lowest BCUT2D eigenvalue weighted by atomic mass is 9.96. The fraction of sp³-hybridized carbons (Fsp3) is 0.259. The van der Waals surface area contributed by atoms with E-state index in [-0.39, 0.29) is 18.7 Å². The van der Waals surface area contributed by atoms with Gasteiger partial charge in [0.05, 0.1) is 23.5 Å². The standard InChI is InChI=1S/C27H28N4OS/c1-18-17-22(19(2)31(18)24-13-7-10-20-9-3-4-11-21(20)24)26-25(23-12-5-6-14-28-23)29-27(33)30(26)15-8-16-32/h3-7,9-14,17,25-26,32H,8,15-16H2,1-2H3,(H,29,33)/t25-,26-/m1/s1. The number of aliphatic hydroxyl groups excluding tert-OH is 1. The lowest BCUT2D eigenvalue weighted by Crippen LogP contribution is -2.31. The first-order chi connectivity index (χ1) is 16.1. The van der Waals surface area contributed by atoms with E-state index in [1.165, 1.54) is 33.4 Å². The third kappa shape index (κ3) is 3.79. The SMILES string of the molecule is Cc1cc([C@@H]2[C@@H](c3ccccn3)NC(=S)N2CCCO)c(C)n1-c1cccc2ccccc12. The molecule has 2 aromatic heterocycles. The maximum Gasteiger partial charge on any atom is 0.170 e. The fourth-order valence-corrected chi connectivity index (χ4v) is 5.42. The molecule has 0 spiro atoms. The first-order valence-corrected chi connectivity index (χ1v) is 11.8. The van der Waals surface area contributed by atoms with Crippen LogP contribution in [-0.2, 0) is 0 Å². The lowest BCUT2D eigenvalue weighted by Gasteiger charge is -2.28. The quantitative estimate of drug-likeness (QED) is 0.400. The monoisotopic (exact) mass is 456 g/mol. The fourth-order valence-electron chi connectivity index (χ4n) is 5.09. The smallest absolute Gasteiger partial charge is 0.170 e. The van der Waals surface area contributed by atoms with E-state index >= 15 is 0 Å². The predicted octanol–water partition coefficient (Wildman–Crippen LogP) is 5.00. The minimum Gasteiger partial charge on any atom is -0.396 e. The van der Waals surface area contributed by atoms with Crippen LogP contribution < -0.4 is 5.32 Å². The van der Waals surface area contributed by atoms with Crippen LogP contribution in [0.25, 0.3) is 16.5 Å². The van der Waals surface area contributed by atoms with Crippen molar-refractivity contribution in [1.29, 1.82) is 0 Å². The second-order valence-corrected chi connectivity index (χ2v) is 8.94. The van der Waals surface area contributed by atoms with Crippen molar-refractivity contribution in [1.82, 2.24) is 19.8 Å². The van der Waals surface area contributed by atoms with Crippen molar-refractivity contribution in [2.24, 2.45) is 0 Å². The van der Waals surface area contributed by atoms with Gasteiger partial charge in [-0.25, -0.2) is 0 Å². The van der Waals surface area contributed by atoms with Crippen LogP contribution in [0.15, 0.2) is 72.9 Å². The highest BCUT2D eigenvalue weighted by Crippen LogP contribution is 2.41. The maximum atomic E-state index is 9.50. The van der Waals surface area contributed by atoms with Crippen LogP contribution in [0.2, 0.25) is 0 Å². The summed E-state index contributed by atoms with van der Waals surface area (Å²) in [4.78, 5) is 6.85. The average molecular weight is 457 g/mol. The van der Waals surface area contributed by atoms with Gasteiger partial charge in [-0.3, -0.25) is 4.98 Å². The number of hydrogen-bond donors (Lipinski definition) is 2. The summed E-state index contributed by atoms with van der Waals surface area (Å²) >= 11 is 5.75. The van der Waals surface area contributed by atoms with Gasteiger partial charge in [0, 0.05) is 36.1 Å². The Morgan fingerprint density at radius 3 is 2.61 bits per heavy atom. The normalized spacial score (nSPS) is 18.2. The lowest BCUT2D eigenvalue weighted by molar-refractivity contribution is 0.247. The van der Waals surface area contributed by atoms with Gasteiger partial charge in [-0.2, -0.15) is 0 Å². The summed E-state index contributed by atoms with van der Waals surface area (Å²) in [6.45, 7) is 5.17. The molecule has 4 aromatic rings. The molecule has 0 radical (unpaired) electrons. The molecule has 0 unspecified atom stereocenters. The number of pyridine rings is 1. The Balaban J connectivity index is 1.66. The molecule has 6 heteroatoms. The van der Waals surface area contributed by atoms with Gasteiger partial charge in [-0.1, -0.05) is 42.5 Å². The Hall–Kier alpha value is -3.22. The average Bonchev–Trinajstić information content (AvgIpc) is 3.32. The molecule has 0 saturated carbocycles. The van der Waals surface area contributed by atoms with Crippen molar-refractivity contribution in [3.05, 3.63) is 95.6 Å². The third-order valence-corrected chi connectivity index (χ3v) is 6.90. The highest BCUT2D eigenvalue weighted by Gasteiger charge is 2.41. The molecule has 1 saturated heterocycles. The molecule has 2 aromatic carbocycles. The van der Waals surface area contributed by atoms with Crippen LogP contribution in [0.3, 0.4) is 0 Å². The molecule has 33 heavy (non-hydrogen) atoms. The van der Waals surface area contributed by atoms with E-state index in [2.05, 4.69) is 82.1 Å². The Morgan fingerprint density at radius 1 is 1.03 bits per heavy atom. The van der Waals surface area contributed by atoms with Gasteiger partial charge in [-0.05, 0) is 67.7 Å². The van der Waals surface area contributed by atoms with E-state index in [4.69, 9.17) is 12.2 Å². The van der Waals surface area contributed by atoms with Crippen LogP contribution in [0.4, 0.5) is 0 Å². The van der Waals surface area contributed by atoms with Crippen molar-refractivity contribution in [2.75, 3.05) is 13.2 Å². The second kappa shape index (κ2) is 8.96. The first kappa shape index (κ1) is 21.6. The summed E-state index contributed by atoms with van der Waals surface area (Å²) in [6, 6.07) is 23.2. The molecule has 0 bridgehead atoms. The van der Waals surface area contributed by atoms with Gasteiger partial charge >= 0.3 is 0 Å². The van der Waals surface area contributed by atoms with Crippen LogP contribution >= 0.6 is 12.2 Å². The van der Waals surface area contributed by atoms with Gasteiger partial charge in [-0.15, -0.1) is 0 Å². The molecule has 0 aliphatic carbocycles. The van der Waals surface area contributed by atoms with Crippen LogP contribution in [0.1, 0.15) is 41.1 Å². The van der Waals surface area contributed by atoms with Crippen molar-refractivity contribution in [3.8, 4) is 5.69 Å². The number of aliphatic hydroxyl groups is 1. The molecule has 0 amide bonds. The van der Waals surface area contributed by atoms with Crippen molar-refractivity contribution < 1.29 is 5.11 Å². The predicted molar refractivity (Wildman–Crippen MR) is 137 cm³/mol. The third-order valence-electron chi connectivity index (χ3n) is 6.55. The van der Waals surface area contributed by atoms with Gasteiger partial charge in [0.15, 0.2) is 5.11 Å². The van der Waals surface area contributed by atoms with Crippen molar-refractivity contribution in [2.45, 2.75) is 32.4 Å². The van der Waals surface area contributed by atoms with E-state index in [0.717, 1.165) is 5.69 Å². The van der Waals surface area contributed by atoms with Crippen LogP contribution in [-0.4, -0.2) is 37.8 Å². The van der Waals surface area contributed by atoms with E-state index in [9.17, 15) is 5.11 Å². The van der Waals surface area contributed by atoms with E-state index in [1.807, 2.05) is 24.4 Å². The van der Waals surface area contributed by atoms with E-state index in [0.29, 0.717) is 18.1 Å². The summed E-state index contributed by atoms with van der Waals surface area (Å²) in [5.41, 5.74) is 5.74. The molecule has 2 N–H and O–H groups in total. The number of nitrogens with one attached hydrogen (secondary N) is 1. The van der Waals surface area contributed by atoms with Crippen LogP contribution in [0, 0.1) is 13.8 Å². The zero-order valence-electron chi connectivity index (χ0n) is 18.9. The molecule has 3 heterocycles. The van der Waals surface area contributed by atoms with Gasteiger partial charge in [0.1, 0.15) is 0 Å². The Kier molecular flexibility index (Phi) is 5.87. The summed E-state index contributed by atoms with van der Waals surface area (Å²) in [5.74, 6) is 0. The number of benzene rings is 2. The molecule has 1 fully saturated rings. The van der Waals surface area contributed by atoms with Crippen LogP contribution in [0.5, 0.6) is 0 Å². The minimum atomic E-state index is -0.0566. The first-order valence-electron chi connectivity index (χ1n) is 11.4. The Bertz CT molecular complexity index is 1290. The topological polar surface area (TPSA) is 53.3 Å². The van der Waals surface area contributed by atoms with Gasteiger partial charge in [0.25, 0.3) is 0 Å². The molecule has 5 rings (SSSR count). The summed E-state index contributed by atoms with van der Waals surface area (Å²) < 4.78 is 2.35. The van der Waals surface area contributed by atoms with E-state index in [1.54, 1.807) is 0 Å². The second-order valence-electron chi connectivity index (χ2n) is 8.56. The van der Waals surface area contributed by atoms with Crippen molar-refractivity contribution >= 4 is 28.1 Å².